The average Bonchev–Trinajstić information content (AvgIpc) is 2.46. The van der Waals surface area contributed by atoms with E-state index in [1.54, 1.807) is 6.07 Å². The van der Waals surface area contributed by atoms with Gasteiger partial charge in [0.25, 0.3) is 0 Å². The fourth-order valence-electron chi connectivity index (χ4n) is 2.28. The van der Waals surface area contributed by atoms with Gasteiger partial charge in [0.2, 0.25) is 0 Å². The minimum Gasteiger partial charge on any atom is -0.392 e. The third kappa shape index (κ3) is 3.82. The zero-order chi connectivity index (χ0) is 15.6. The van der Waals surface area contributed by atoms with Gasteiger partial charge in [-0.3, -0.25) is 4.90 Å². The van der Waals surface area contributed by atoms with E-state index in [2.05, 4.69) is 9.88 Å². The first-order valence-corrected chi connectivity index (χ1v) is 7.02. The molecule has 0 radical (unpaired) electrons. The number of pyridine rings is 1. The molecule has 0 aliphatic carbocycles. The van der Waals surface area contributed by atoms with Gasteiger partial charge in [0.05, 0.1) is 11.0 Å². The normalized spacial score (nSPS) is 18.6. The van der Waals surface area contributed by atoms with Gasteiger partial charge in [-0.2, -0.15) is 13.2 Å². The Morgan fingerprint density at radius 3 is 2.43 bits per heavy atom. The Labute approximate surface area is 126 Å². The van der Waals surface area contributed by atoms with Crippen LogP contribution >= 0.6 is 12.2 Å². The van der Waals surface area contributed by atoms with Crippen LogP contribution in [0.3, 0.4) is 0 Å². The van der Waals surface area contributed by atoms with E-state index in [0.717, 1.165) is 6.07 Å². The fraction of sp³-hybridized carbons (Fsp3) is 0.538. The van der Waals surface area contributed by atoms with Gasteiger partial charge in [0, 0.05) is 26.2 Å². The number of hydrogen-bond acceptors (Lipinski definition) is 4. The number of anilines is 1. The lowest BCUT2D eigenvalue weighted by molar-refractivity contribution is -0.141. The number of rotatable bonds is 3. The van der Waals surface area contributed by atoms with Gasteiger partial charge in [-0.15, -0.1) is 0 Å². The molecule has 116 valence electrons. The minimum atomic E-state index is -4.42. The summed E-state index contributed by atoms with van der Waals surface area (Å²) in [4.78, 5) is 8.10. The highest BCUT2D eigenvalue weighted by molar-refractivity contribution is 7.80. The molecule has 1 aliphatic heterocycles. The molecule has 2 rings (SSSR count). The van der Waals surface area contributed by atoms with Crippen molar-refractivity contribution in [1.82, 2.24) is 9.88 Å². The molecule has 0 bridgehead atoms. The van der Waals surface area contributed by atoms with Crippen molar-refractivity contribution in [1.29, 1.82) is 0 Å². The van der Waals surface area contributed by atoms with Gasteiger partial charge in [-0.05, 0) is 19.1 Å². The van der Waals surface area contributed by atoms with Gasteiger partial charge < -0.3 is 10.6 Å². The minimum absolute atomic E-state index is 0.00313. The molecule has 2 heterocycles. The molecule has 1 unspecified atom stereocenters. The molecule has 8 heteroatoms. The van der Waals surface area contributed by atoms with Gasteiger partial charge in [0.15, 0.2) is 0 Å². The molecule has 1 atom stereocenters. The summed E-state index contributed by atoms with van der Waals surface area (Å²) in [6.45, 7) is 4.51. The smallest absolute Gasteiger partial charge is 0.392 e. The van der Waals surface area contributed by atoms with Gasteiger partial charge in [0.1, 0.15) is 11.5 Å². The number of thiocarbonyl (C=S) groups is 1. The largest absolute Gasteiger partial charge is 0.433 e. The Bertz CT molecular complexity index is 512. The van der Waals surface area contributed by atoms with Crippen LogP contribution in [0.25, 0.3) is 0 Å². The zero-order valence-corrected chi connectivity index (χ0v) is 12.4. The van der Waals surface area contributed by atoms with Crippen molar-refractivity contribution < 1.29 is 13.2 Å². The highest BCUT2D eigenvalue weighted by Crippen LogP contribution is 2.29. The lowest BCUT2D eigenvalue weighted by atomic mass is 10.2. The number of halogens is 3. The molecular weight excluding hydrogens is 301 g/mol. The van der Waals surface area contributed by atoms with Crippen molar-refractivity contribution in [2.45, 2.75) is 19.1 Å². The summed E-state index contributed by atoms with van der Waals surface area (Å²) in [6.07, 6.45) is -4.42. The van der Waals surface area contributed by atoms with Crippen LogP contribution in [0.15, 0.2) is 18.2 Å². The van der Waals surface area contributed by atoms with Gasteiger partial charge in [-0.25, -0.2) is 4.98 Å². The number of alkyl halides is 3. The maximum Gasteiger partial charge on any atom is 0.433 e. The summed E-state index contributed by atoms with van der Waals surface area (Å²) in [5.74, 6) is 0.354. The summed E-state index contributed by atoms with van der Waals surface area (Å²) in [5.41, 5.74) is 4.76. The molecular formula is C13H17F3N4S. The summed E-state index contributed by atoms with van der Waals surface area (Å²) >= 11 is 4.97. The van der Waals surface area contributed by atoms with Gasteiger partial charge >= 0.3 is 6.18 Å². The first kappa shape index (κ1) is 16.0. The third-order valence-electron chi connectivity index (χ3n) is 3.62. The van der Waals surface area contributed by atoms with Crippen molar-refractivity contribution in [3.8, 4) is 0 Å². The van der Waals surface area contributed by atoms with E-state index in [-0.39, 0.29) is 6.04 Å². The number of hydrogen-bond donors (Lipinski definition) is 1. The molecule has 1 saturated heterocycles. The molecule has 1 fully saturated rings. The van der Waals surface area contributed by atoms with E-state index < -0.39 is 11.9 Å². The molecule has 1 aromatic rings. The maximum absolute atomic E-state index is 12.7. The first-order valence-electron chi connectivity index (χ1n) is 6.61. The van der Waals surface area contributed by atoms with E-state index in [0.29, 0.717) is 37.0 Å². The molecule has 4 nitrogen and oxygen atoms in total. The molecule has 0 saturated carbocycles. The topological polar surface area (TPSA) is 45.4 Å². The van der Waals surface area contributed by atoms with Crippen LogP contribution in [0.5, 0.6) is 0 Å². The molecule has 0 aromatic carbocycles. The Morgan fingerprint density at radius 2 is 1.90 bits per heavy atom. The second-order valence-corrected chi connectivity index (χ2v) is 5.45. The Balaban J connectivity index is 2.04. The summed E-state index contributed by atoms with van der Waals surface area (Å²) in [6, 6.07) is 3.96. The third-order valence-corrected chi connectivity index (χ3v) is 3.96. The molecule has 1 aliphatic rings. The lowest BCUT2D eigenvalue weighted by Gasteiger charge is -2.38. The maximum atomic E-state index is 12.7. The monoisotopic (exact) mass is 318 g/mol. The van der Waals surface area contributed by atoms with Crippen LogP contribution in [-0.4, -0.2) is 47.1 Å². The Morgan fingerprint density at radius 1 is 1.29 bits per heavy atom. The highest BCUT2D eigenvalue weighted by Gasteiger charge is 2.33. The lowest BCUT2D eigenvalue weighted by Crippen LogP contribution is -2.53. The predicted molar refractivity (Wildman–Crippen MR) is 79.3 cm³/mol. The standard InChI is InChI=1S/C13H17F3N4S/c1-9(12(17)21)19-5-7-20(8-6-19)11-4-2-3-10(18-11)13(14,15)16/h2-4,9H,5-8H2,1H3,(H2,17,21). The average molecular weight is 318 g/mol. The number of piperazine rings is 1. The Hall–Kier alpha value is -1.41. The summed E-state index contributed by atoms with van der Waals surface area (Å²) in [5, 5.41) is 0. The van der Waals surface area contributed by atoms with Crippen molar-refractivity contribution in [3.05, 3.63) is 23.9 Å². The van der Waals surface area contributed by atoms with Crippen LogP contribution in [0, 0.1) is 0 Å². The van der Waals surface area contributed by atoms with Crippen LogP contribution in [0.2, 0.25) is 0 Å². The van der Waals surface area contributed by atoms with E-state index >= 15 is 0 Å². The van der Waals surface area contributed by atoms with E-state index in [1.165, 1.54) is 6.07 Å². The van der Waals surface area contributed by atoms with Crippen LogP contribution < -0.4 is 10.6 Å². The number of nitrogens with zero attached hydrogens (tertiary/aromatic N) is 3. The van der Waals surface area contributed by atoms with Crippen molar-refractivity contribution >= 4 is 23.0 Å². The number of aromatic nitrogens is 1. The zero-order valence-electron chi connectivity index (χ0n) is 11.6. The quantitative estimate of drug-likeness (QED) is 0.863. The predicted octanol–water partition coefficient (Wildman–Crippen LogP) is 1.90. The van der Waals surface area contributed by atoms with Crippen LogP contribution in [-0.2, 0) is 6.18 Å². The summed E-state index contributed by atoms with van der Waals surface area (Å²) in [7, 11) is 0. The molecule has 0 spiro atoms. The summed E-state index contributed by atoms with van der Waals surface area (Å²) < 4.78 is 38.0. The second kappa shape index (κ2) is 6.15. The van der Waals surface area contributed by atoms with Crippen LogP contribution in [0.4, 0.5) is 19.0 Å². The second-order valence-electron chi connectivity index (χ2n) is 4.98. The van der Waals surface area contributed by atoms with E-state index in [1.807, 2.05) is 11.8 Å². The van der Waals surface area contributed by atoms with Crippen molar-refractivity contribution in [2.75, 3.05) is 31.1 Å². The molecule has 1 aromatic heterocycles. The van der Waals surface area contributed by atoms with Crippen molar-refractivity contribution in [2.24, 2.45) is 5.73 Å². The van der Waals surface area contributed by atoms with Crippen molar-refractivity contribution in [3.63, 3.8) is 0 Å². The van der Waals surface area contributed by atoms with E-state index in [4.69, 9.17) is 18.0 Å². The SMILES string of the molecule is CC(C(N)=S)N1CCN(c2cccc(C(F)(F)F)n2)CC1. The number of nitrogens with two attached hydrogens (primary N) is 1. The first-order chi connectivity index (χ1) is 9.79. The highest BCUT2D eigenvalue weighted by atomic mass is 32.1. The molecule has 21 heavy (non-hydrogen) atoms. The van der Waals surface area contributed by atoms with Gasteiger partial charge in [-0.1, -0.05) is 18.3 Å². The van der Waals surface area contributed by atoms with E-state index in [9.17, 15) is 13.2 Å². The van der Waals surface area contributed by atoms with Crippen LogP contribution in [0.1, 0.15) is 12.6 Å². The molecule has 0 amide bonds. The Kier molecular flexibility index (Phi) is 4.67. The molecule has 2 N–H and O–H groups in total. The fourth-order valence-corrected chi connectivity index (χ4v) is 2.42.